The number of aromatic hydroxyl groups is 2. The average molecular weight is 516 g/mol. The van der Waals surface area contributed by atoms with Crippen LogP contribution < -0.4 is 4.35 Å². The number of rotatable bonds is 4. The van der Waals surface area contributed by atoms with Crippen LogP contribution in [-0.2, 0) is 20.2 Å². The van der Waals surface area contributed by atoms with Crippen LogP contribution in [0, 0.1) is 5.82 Å². The molecule has 2 radical (unpaired) electrons. The molecular weight excluding hydrogens is 506 g/mol. The Kier molecular flexibility index (Phi) is 5.60. The third-order valence-corrected chi connectivity index (χ3v) is 6.37. The van der Waals surface area contributed by atoms with Crippen molar-refractivity contribution < 1.29 is 40.5 Å². The van der Waals surface area contributed by atoms with Gasteiger partial charge in [0.15, 0.2) is 0 Å². The molecule has 0 heterocycles. The van der Waals surface area contributed by atoms with Crippen LogP contribution in [0.15, 0.2) is 56.4 Å². The van der Waals surface area contributed by atoms with Crippen LogP contribution in [0.25, 0.3) is 10.8 Å². The third-order valence-electron chi connectivity index (χ3n) is 3.87. The zero-order valence-corrected chi connectivity index (χ0v) is 17.9. The number of phenolic OH excluding ortho intramolecular Hbond substituents is 2. The van der Waals surface area contributed by atoms with E-state index < -0.39 is 58.4 Å². The van der Waals surface area contributed by atoms with Gasteiger partial charge in [-0.3, -0.25) is 0 Å². The van der Waals surface area contributed by atoms with E-state index in [2.05, 4.69) is 27.1 Å². The molecule has 10 nitrogen and oxygen atoms in total. The summed E-state index contributed by atoms with van der Waals surface area (Å²) in [6.45, 7) is 0. The molecule has 156 valence electrons. The van der Waals surface area contributed by atoms with Gasteiger partial charge in [-0.15, -0.1) is 0 Å². The van der Waals surface area contributed by atoms with Gasteiger partial charge in [-0.25, -0.2) is 0 Å². The Labute approximate surface area is 177 Å². The third kappa shape index (κ3) is 4.30. The summed E-state index contributed by atoms with van der Waals surface area (Å²) >= 11 is 2.08. The molecule has 0 bridgehead atoms. The van der Waals surface area contributed by atoms with Crippen molar-refractivity contribution in [2.45, 2.75) is 9.79 Å². The Morgan fingerprint density at radius 3 is 2.17 bits per heavy atom. The monoisotopic (exact) mass is 516 g/mol. The van der Waals surface area contributed by atoms with Gasteiger partial charge in [0.05, 0.1) is 0 Å². The Morgan fingerprint density at radius 2 is 1.57 bits per heavy atom. The van der Waals surface area contributed by atoms with E-state index in [-0.39, 0.29) is 11.1 Å². The molecule has 3 aromatic rings. The summed E-state index contributed by atoms with van der Waals surface area (Å²) < 4.78 is 78.7. The molecule has 0 aliphatic carbocycles. The van der Waals surface area contributed by atoms with Gasteiger partial charge in [-0.05, 0) is 0 Å². The molecule has 0 aliphatic heterocycles. The number of hydrogen-bond donors (Lipinski definition) is 4. The second-order valence-corrected chi connectivity index (χ2v) is 9.72. The predicted octanol–water partition coefficient (Wildman–Crippen LogP) is 2.09. The van der Waals surface area contributed by atoms with Crippen LogP contribution in [-0.4, -0.2) is 53.0 Å². The Morgan fingerprint density at radius 1 is 0.900 bits per heavy atom. The molecule has 0 saturated carbocycles. The van der Waals surface area contributed by atoms with Crippen molar-refractivity contribution in [1.29, 1.82) is 0 Å². The van der Waals surface area contributed by atoms with Crippen molar-refractivity contribution in [2.75, 3.05) is 0 Å². The van der Waals surface area contributed by atoms with Gasteiger partial charge in [0, 0.05) is 0 Å². The SMILES string of the molecule is O=S(=O)(O)c1cc(O)c2c(O)c(N=Nc3cc(F)ccc3[As])c(S(=O)(=O)O)cc2c1. The quantitative estimate of drug-likeness (QED) is 0.232. The summed E-state index contributed by atoms with van der Waals surface area (Å²) in [7, 11) is -9.79. The number of phenols is 2. The zero-order chi connectivity index (χ0) is 22.4. The molecule has 3 rings (SSSR count). The van der Waals surface area contributed by atoms with Gasteiger partial charge < -0.3 is 0 Å². The van der Waals surface area contributed by atoms with Crippen LogP contribution in [0.5, 0.6) is 11.5 Å². The minimum absolute atomic E-state index is 0.0262. The number of hydrogen-bond acceptors (Lipinski definition) is 8. The standard InChI is InChI=1S/C16H10AsFN2O8S2/c17-10-2-1-8(18)5-11(10)19-20-15-13(30(26,27)28)4-7-3-9(29(23,24)25)6-12(21)14(7)16(15)22/h1-6,21-22H,(H,23,24,25)(H,26,27,28). The fourth-order valence-corrected chi connectivity index (χ4v) is 4.14. The van der Waals surface area contributed by atoms with E-state index in [1.54, 1.807) is 0 Å². The Hall–Kier alpha value is -2.57. The van der Waals surface area contributed by atoms with Crippen molar-refractivity contribution in [3.63, 3.8) is 0 Å². The van der Waals surface area contributed by atoms with Gasteiger partial charge in [0.1, 0.15) is 0 Å². The summed E-state index contributed by atoms with van der Waals surface area (Å²) in [6.07, 6.45) is 0. The minimum atomic E-state index is -5.02. The first kappa shape index (κ1) is 22.1. The molecule has 0 atom stereocenters. The summed E-state index contributed by atoms with van der Waals surface area (Å²) in [5, 5.41) is 27.1. The summed E-state index contributed by atoms with van der Waals surface area (Å²) in [4.78, 5) is -1.75. The van der Waals surface area contributed by atoms with E-state index in [4.69, 9.17) is 4.55 Å². The molecule has 3 aromatic carbocycles. The summed E-state index contributed by atoms with van der Waals surface area (Å²) in [5.41, 5.74) is -0.808. The van der Waals surface area contributed by atoms with Gasteiger partial charge in [0.25, 0.3) is 0 Å². The molecule has 0 aromatic heterocycles. The first-order chi connectivity index (χ1) is 13.8. The van der Waals surface area contributed by atoms with Gasteiger partial charge in [-0.1, -0.05) is 0 Å². The maximum absolute atomic E-state index is 13.4. The number of azo groups is 1. The van der Waals surface area contributed by atoms with Crippen LogP contribution >= 0.6 is 0 Å². The molecule has 14 heteroatoms. The number of fused-ring (bicyclic) bond motifs is 1. The normalized spacial score (nSPS) is 12.7. The summed E-state index contributed by atoms with van der Waals surface area (Å²) in [5.74, 6) is -2.44. The Balaban J connectivity index is 2.36. The molecule has 30 heavy (non-hydrogen) atoms. The van der Waals surface area contributed by atoms with E-state index in [0.29, 0.717) is 10.4 Å². The maximum atomic E-state index is 13.4. The molecular formula is C16H10AsFN2O8S2. The van der Waals surface area contributed by atoms with E-state index in [9.17, 15) is 36.0 Å². The van der Waals surface area contributed by atoms with Crippen molar-refractivity contribution in [1.82, 2.24) is 0 Å². The van der Waals surface area contributed by atoms with Gasteiger partial charge in [-0.2, -0.15) is 0 Å². The van der Waals surface area contributed by atoms with Crippen LogP contribution in [0.4, 0.5) is 15.8 Å². The number of nitrogens with zero attached hydrogens (tertiary/aromatic N) is 2. The number of halogens is 1. The van der Waals surface area contributed by atoms with Crippen molar-refractivity contribution in [3.05, 3.63) is 42.2 Å². The van der Waals surface area contributed by atoms with Crippen LogP contribution in [0.2, 0.25) is 0 Å². The topological polar surface area (TPSA) is 174 Å². The molecule has 0 aliphatic rings. The number of benzene rings is 3. The molecule has 0 spiro atoms. The van der Waals surface area contributed by atoms with Crippen LogP contribution in [0.1, 0.15) is 0 Å². The predicted molar refractivity (Wildman–Crippen MR) is 103 cm³/mol. The van der Waals surface area contributed by atoms with Crippen molar-refractivity contribution in [2.24, 2.45) is 10.2 Å². The van der Waals surface area contributed by atoms with Crippen LogP contribution in [0.3, 0.4) is 0 Å². The fraction of sp³-hybridized carbons (Fsp3) is 0. The molecule has 0 fully saturated rings. The van der Waals surface area contributed by atoms with Crippen molar-refractivity contribution in [3.8, 4) is 11.5 Å². The second kappa shape index (κ2) is 7.60. The molecule has 0 saturated heterocycles. The van der Waals surface area contributed by atoms with Gasteiger partial charge in [0.2, 0.25) is 0 Å². The van der Waals surface area contributed by atoms with E-state index >= 15 is 0 Å². The van der Waals surface area contributed by atoms with Gasteiger partial charge >= 0.3 is 178 Å². The van der Waals surface area contributed by atoms with E-state index in [0.717, 1.165) is 24.3 Å². The van der Waals surface area contributed by atoms with E-state index in [1.807, 2.05) is 0 Å². The molecule has 0 amide bonds. The summed E-state index contributed by atoms with van der Waals surface area (Å²) in [6, 6.07) is 5.61. The molecule has 0 unspecified atom stereocenters. The average Bonchev–Trinajstić information content (AvgIpc) is 2.61. The zero-order valence-electron chi connectivity index (χ0n) is 14.4. The Bertz CT molecular complexity index is 1440. The first-order valence-corrected chi connectivity index (χ1v) is 11.5. The first-order valence-electron chi connectivity index (χ1n) is 7.67. The fourth-order valence-electron chi connectivity index (χ4n) is 2.56. The van der Waals surface area contributed by atoms with E-state index in [1.165, 1.54) is 6.07 Å². The second-order valence-electron chi connectivity index (χ2n) is 5.90. The van der Waals surface area contributed by atoms with Crippen molar-refractivity contribution >= 4 is 63.6 Å². The molecule has 4 N–H and O–H groups in total.